The Labute approximate surface area is 142 Å². The molecule has 0 atom stereocenters. The van der Waals surface area contributed by atoms with Crippen molar-refractivity contribution >= 4 is 11.6 Å². The van der Waals surface area contributed by atoms with Gasteiger partial charge in [0.15, 0.2) is 5.96 Å². The van der Waals surface area contributed by atoms with Crippen molar-refractivity contribution in [3.63, 3.8) is 0 Å². The van der Waals surface area contributed by atoms with E-state index in [9.17, 15) is 4.79 Å². The topological polar surface area (TPSA) is 72.4 Å². The van der Waals surface area contributed by atoms with E-state index in [0.29, 0.717) is 19.0 Å². The minimum atomic E-state index is 0.0405. The number of pyridine rings is 1. The maximum absolute atomic E-state index is 11.6. The number of aliphatic imine (C=N–C) groups is 1. The Hall–Kier alpha value is -2.56. The SMILES string of the molecule is NC(=NCCCCn1ccccc1=O)Nc1ccc2c(c1)CCC2. The van der Waals surface area contributed by atoms with Crippen LogP contribution in [0.4, 0.5) is 5.69 Å². The summed E-state index contributed by atoms with van der Waals surface area (Å²) in [6.45, 7) is 1.37. The minimum Gasteiger partial charge on any atom is -0.370 e. The summed E-state index contributed by atoms with van der Waals surface area (Å²) in [6.07, 6.45) is 7.19. The van der Waals surface area contributed by atoms with E-state index in [1.165, 1.54) is 24.0 Å². The van der Waals surface area contributed by atoms with E-state index in [1.54, 1.807) is 16.7 Å². The maximum atomic E-state index is 11.6. The van der Waals surface area contributed by atoms with Crippen LogP contribution in [0.2, 0.25) is 0 Å². The molecule has 1 heterocycles. The number of aromatic nitrogens is 1. The molecule has 0 aliphatic heterocycles. The van der Waals surface area contributed by atoms with Crippen molar-refractivity contribution in [2.45, 2.75) is 38.6 Å². The molecule has 1 aromatic carbocycles. The highest BCUT2D eigenvalue weighted by Gasteiger charge is 2.10. The van der Waals surface area contributed by atoms with Crippen LogP contribution in [0.25, 0.3) is 0 Å². The fraction of sp³-hybridized carbons (Fsp3) is 0.368. The summed E-state index contributed by atoms with van der Waals surface area (Å²) < 4.78 is 1.72. The minimum absolute atomic E-state index is 0.0405. The van der Waals surface area contributed by atoms with Gasteiger partial charge in [0.25, 0.3) is 0 Å². The first kappa shape index (κ1) is 16.3. The van der Waals surface area contributed by atoms with Gasteiger partial charge in [-0.3, -0.25) is 9.79 Å². The van der Waals surface area contributed by atoms with Gasteiger partial charge >= 0.3 is 0 Å². The van der Waals surface area contributed by atoms with E-state index in [4.69, 9.17) is 5.73 Å². The first-order valence-corrected chi connectivity index (χ1v) is 8.56. The molecule has 126 valence electrons. The molecule has 5 nitrogen and oxygen atoms in total. The number of anilines is 1. The average Bonchev–Trinajstić information content (AvgIpc) is 3.04. The Bertz CT molecular complexity index is 779. The fourth-order valence-corrected chi connectivity index (χ4v) is 3.08. The normalized spacial score (nSPS) is 13.8. The molecule has 1 aliphatic rings. The zero-order valence-corrected chi connectivity index (χ0v) is 13.9. The molecule has 0 amide bonds. The molecule has 1 aliphatic carbocycles. The molecular formula is C19H24N4O. The van der Waals surface area contributed by atoms with Crippen LogP contribution in [0, 0.1) is 0 Å². The number of nitrogens with one attached hydrogen (secondary N) is 1. The monoisotopic (exact) mass is 324 g/mol. The number of benzene rings is 1. The summed E-state index contributed by atoms with van der Waals surface area (Å²) in [5.41, 5.74) is 9.87. The molecule has 0 saturated heterocycles. The number of hydrogen-bond acceptors (Lipinski definition) is 2. The lowest BCUT2D eigenvalue weighted by Crippen LogP contribution is -2.23. The molecule has 0 saturated carbocycles. The fourth-order valence-electron chi connectivity index (χ4n) is 3.08. The molecule has 5 heteroatoms. The lowest BCUT2D eigenvalue weighted by atomic mass is 10.1. The van der Waals surface area contributed by atoms with Crippen molar-refractivity contribution in [1.29, 1.82) is 0 Å². The van der Waals surface area contributed by atoms with E-state index < -0.39 is 0 Å². The second-order valence-corrected chi connectivity index (χ2v) is 6.17. The zero-order valence-electron chi connectivity index (χ0n) is 13.9. The van der Waals surface area contributed by atoms with Crippen molar-refractivity contribution in [1.82, 2.24) is 4.57 Å². The molecule has 3 rings (SSSR count). The number of unbranched alkanes of at least 4 members (excludes halogenated alkanes) is 1. The van der Waals surface area contributed by atoms with Crippen LogP contribution in [0.3, 0.4) is 0 Å². The van der Waals surface area contributed by atoms with Crippen molar-refractivity contribution < 1.29 is 0 Å². The highest BCUT2D eigenvalue weighted by molar-refractivity contribution is 5.92. The first-order valence-electron chi connectivity index (χ1n) is 8.56. The summed E-state index contributed by atoms with van der Waals surface area (Å²) in [5, 5.41) is 3.16. The smallest absolute Gasteiger partial charge is 0.250 e. The predicted octanol–water partition coefficient (Wildman–Crippen LogP) is 2.54. The number of aryl methyl sites for hydroxylation is 3. The zero-order chi connectivity index (χ0) is 16.8. The summed E-state index contributed by atoms with van der Waals surface area (Å²) in [4.78, 5) is 15.9. The molecular weight excluding hydrogens is 300 g/mol. The standard InChI is InChI=1S/C19H24N4O/c20-19(22-17-10-9-15-6-5-7-16(15)14-17)21-11-2-4-13-23-12-3-1-8-18(23)24/h1,3,8-10,12,14H,2,4-7,11,13H2,(H3,20,21,22). The van der Waals surface area contributed by atoms with E-state index >= 15 is 0 Å². The van der Waals surface area contributed by atoms with Gasteiger partial charge in [-0.2, -0.15) is 0 Å². The third kappa shape index (κ3) is 4.25. The molecule has 1 aromatic heterocycles. The van der Waals surface area contributed by atoms with Crippen molar-refractivity contribution in [3.8, 4) is 0 Å². The molecule has 3 N–H and O–H groups in total. The number of hydrogen-bond donors (Lipinski definition) is 2. The lowest BCUT2D eigenvalue weighted by Gasteiger charge is -2.08. The van der Waals surface area contributed by atoms with Crippen LogP contribution in [-0.2, 0) is 19.4 Å². The lowest BCUT2D eigenvalue weighted by molar-refractivity contribution is 0.599. The number of nitrogens with zero attached hydrogens (tertiary/aromatic N) is 2. The number of guanidine groups is 1. The molecule has 24 heavy (non-hydrogen) atoms. The third-order valence-electron chi connectivity index (χ3n) is 4.36. The predicted molar refractivity (Wildman–Crippen MR) is 98.5 cm³/mol. The van der Waals surface area contributed by atoms with Crippen LogP contribution < -0.4 is 16.6 Å². The Morgan fingerprint density at radius 1 is 1.17 bits per heavy atom. The van der Waals surface area contributed by atoms with Crippen LogP contribution >= 0.6 is 0 Å². The van der Waals surface area contributed by atoms with Crippen LogP contribution in [0.1, 0.15) is 30.4 Å². The van der Waals surface area contributed by atoms with Crippen LogP contribution in [-0.4, -0.2) is 17.1 Å². The van der Waals surface area contributed by atoms with Crippen molar-refractivity contribution in [2.24, 2.45) is 10.7 Å². The highest BCUT2D eigenvalue weighted by atomic mass is 16.1. The van der Waals surface area contributed by atoms with Gasteiger partial charge in [-0.25, -0.2) is 0 Å². The number of nitrogens with two attached hydrogens (primary N) is 1. The number of fused-ring (bicyclic) bond motifs is 1. The third-order valence-corrected chi connectivity index (χ3v) is 4.36. The molecule has 0 bridgehead atoms. The quantitative estimate of drug-likeness (QED) is 0.487. The Kier molecular flexibility index (Phi) is 5.31. The summed E-state index contributed by atoms with van der Waals surface area (Å²) in [5.74, 6) is 0.449. The van der Waals surface area contributed by atoms with E-state index in [2.05, 4.69) is 28.5 Å². The second-order valence-electron chi connectivity index (χ2n) is 6.17. The van der Waals surface area contributed by atoms with Crippen LogP contribution in [0.5, 0.6) is 0 Å². The van der Waals surface area contributed by atoms with Crippen molar-refractivity contribution in [3.05, 3.63) is 64.1 Å². The molecule has 0 spiro atoms. The Morgan fingerprint density at radius 2 is 2.04 bits per heavy atom. The van der Waals surface area contributed by atoms with Gasteiger partial charge < -0.3 is 15.6 Å². The maximum Gasteiger partial charge on any atom is 0.250 e. The van der Waals surface area contributed by atoms with Gasteiger partial charge in [-0.1, -0.05) is 12.1 Å². The Morgan fingerprint density at radius 3 is 2.92 bits per heavy atom. The highest BCUT2D eigenvalue weighted by Crippen LogP contribution is 2.24. The van der Waals surface area contributed by atoms with Gasteiger partial charge in [0.1, 0.15) is 0 Å². The largest absolute Gasteiger partial charge is 0.370 e. The summed E-state index contributed by atoms with van der Waals surface area (Å²) in [7, 11) is 0. The van der Waals surface area contributed by atoms with E-state index in [-0.39, 0.29) is 5.56 Å². The molecule has 0 radical (unpaired) electrons. The number of rotatable bonds is 6. The van der Waals surface area contributed by atoms with Gasteiger partial charge in [0.2, 0.25) is 5.56 Å². The second kappa shape index (κ2) is 7.81. The summed E-state index contributed by atoms with van der Waals surface area (Å²) in [6, 6.07) is 11.6. The van der Waals surface area contributed by atoms with E-state index in [0.717, 1.165) is 24.9 Å². The first-order chi connectivity index (χ1) is 11.7. The van der Waals surface area contributed by atoms with Gasteiger partial charge in [-0.15, -0.1) is 0 Å². The molecule has 0 unspecified atom stereocenters. The Balaban J connectivity index is 1.43. The summed E-state index contributed by atoms with van der Waals surface area (Å²) >= 11 is 0. The van der Waals surface area contributed by atoms with E-state index in [1.807, 2.05) is 12.3 Å². The van der Waals surface area contributed by atoms with Gasteiger partial charge in [-0.05, 0) is 61.4 Å². The van der Waals surface area contributed by atoms with Crippen molar-refractivity contribution in [2.75, 3.05) is 11.9 Å². The molecule has 0 fully saturated rings. The average molecular weight is 324 g/mol. The van der Waals surface area contributed by atoms with Gasteiger partial charge in [0, 0.05) is 31.0 Å². The van der Waals surface area contributed by atoms with Crippen LogP contribution in [0.15, 0.2) is 52.4 Å². The molecule has 2 aromatic rings. The van der Waals surface area contributed by atoms with Gasteiger partial charge in [0.05, 0.1) is 0 Å².